The molecule has 0 amide bonds. The molecule has 5 nitrogen and oxygen atoms in total. The Hall–Kier alpha value is -1.76. The van der Waals surface area contributed by atoms with Gasteiger partial charge in [-0.15, -0.1) is 0 Å². The van der Waals surface area contributed by atoms with E-state index in [9.17, 15) is 4.39 Å². The largest absolute Gasteiger partial charge is 0.454 e. The number of nitrogens with two attached hydrogens (primary N) is 1. The summed E-state index contributed by atoms with van der Waals surface area (Å²) in [5.41, 5.74) is 5.59. The van der Waals surface area contributed by atoms with Crippen LogP contribution in [-0.2, 0) is 0 Å². The lowest BCUT2D eigenvalue weighted by molar-refractivity contribution is 0.174. The number of halogens is 2. The van der Waals surface area contributed by atoms with Gasteiger partial charge in [-0.05, 0) is 15.9 Å². The van der Waals surface area contributed by atoms with Crippen molar-refractivity contribution in [2.24, 2.45) is 0 Å². The predicted octanol–water partition coefficient (Wildman–Crippen LogP) is 2.55. The molecular weight excluding hydrogens is 295 g/mol. The molecule has 0 saturated carbocycles. The van der Waals surface area contributed by atoms with Gasteiger partial charge in [-0.3, -0.25) is 0 Å². The summed E-state index contributed by atoms with van der Waals surface area (Å²) < 4.78 is 29.6. The molecule has 88 valence electrons. The third kappa shape index (κ3) is 1.54. The molecule has 0 saturated heterocycles. The zero-order valence-electron chi connectivity index (χ0n) is 8.37. The molecule has 0 unspecified atom stereocenters. The number of rotatable bonds is 1. The van der Waals surface area contributed by atoms with Crippen molar-refractivity contribution in [3.05, 3.63) is 22.4 Å². The van der Waals surface area contributed by atoms with E-state index in [0.717, 1.165) is 0 Å². The molecule has 1 aliphatic heterocycles. The summed E-state index contributed by atoms with van der Waals surface area (Å²) in [6, 6.07) is 2.92. The number of aromatic nitrogens is 1. The summed E-state index contributed by atoms with van der Waals surface area (Å²) in [5, 5.41) is 3.51. The van der Waals surface area contributed by atoms with Crippen LogP contribution in [0.25, 0.3) is 11.3 Å². The maximum Gasteiger partial charge on any atom is 0.231 e. The van der Waals surface area contributed by atoms with Crippen molar-refractivity contribution in [3.8, 4) is 22.8 Å². The average molecular weight is 301 g/mol. The highest BCUT2D eigenvalue weighted by Crippen LogP contribution is 2.46. The van der Waals surface area contributed by atoms with Crippen LogP contribution >= 0.6 is 15.9 Å². The number of benzene rings is 1. The Morgan fingerprint density at radius 1 is 1.35 bits per heavy atom. The van der Waals surface area contributed by atoms with E-state index in [0.29, 0.717) is 11.5 Å². The van der Waals surface area contributed by atoms with Crippen LogP contribution in [0.5, 0.6) is 11.5 Å². The first kappa shape index (κ1) is 10.4. The highest BCUT2D eigenvalue weighted by molar-refractivity contribution is 9.10. The lowest BCUT2D eigenvalue weighted by Crippen LogP contribution is -1.94. The number of nitrogen functional groups attached to an aromatic ring is 1. The molecule has 2 N–H and O–H groups in total. The Bertz CT molecular complexity index is 599. The maximum atomic E-state index is 14.0. The van der Waals surface area contributed by atoms with Crippen molar-refractivity contribution in [2.75, 3.05) is 12.5 Å². The minimum absolute atomic E-state index is 0.0435. The monoisotopic (exact) mass is 300 g/mol. The van der Waals surface area contributed by atoms with Crippen molar-refractivity contribution in [2.45, 2.75) is 0 Å². The van der Waals surface area contributed by atoms with Crippen LogP contribution in [-0.4, -0.2) is 11.9 Å². The van der Waals surface area contributed by atoms with Crippen LogP contribution in [0.15, 0.2) is 21.1 Å². The number of hydrogen-bond donors (Lipinski definition) is 1. The normalized spacial score (nSPS) is 13.1. The molecule has 2 aromatic rings. The van der Waals surface area contributed by atoms with Crippen molar-refractivity contribution in [1.82, 2.24) is 5.16 Å². The highest BCUT2D eigenvalue weighted by atomic mass is 79.9. The molecule has 1 aliphatic rings. The Morgan fingerprint density at radius 3 is 2.88 bits per heavy atom. The first-order valence-electron chi connectivity index (χ1n) is 4.67. The smallest absolute Gasteiger partial charge is 0.231 e. The molecule has 1 aromatic heterocycles. The van der Waals surface area contributed by atoms with E-state index in [-0.39, 0.29) is 28.4 Å². The number of hydrogen-bond acceptors (Lipinski definition) is 5. The lowest BCUT2D eigenvalue weighted by Gasteiger charge is -2.05. The molecule has 17 heavy (non-hydrogen) atoms. The number of nitrogens with zero attached hydrogens (tertiary/aromatic N) is 1. The first-order chi connectivity index (χ1) is 8.16. The van der Waals surface area contributed by atoms with E-state index in [2.05, 4.69) is 21.1 Å². The van der Waals surface area contributed by atoms with Gasteiger partial charge in [0.15, 0.2) is 28.9 Å². The second-order valence-corrected chi connectivity index (χ2v) is 4.25. The van der Waals surface area contributed by atoms with Crippen molar-refractivity contribution in [1.29, 1.82) is 0 Å². The Morgan fingerprint density at radius 2 is 2.18 bits per heavy atom. The SMILES string of the molecule is Nc1cc(-c2c(F)c(Br)cc3c2OCO3)on1. The van der Waals surface area contributed by atoms with E-state index in [1.54, 1.807) is 0 Å². The van der Waals surface area contributed by atoms with E-state index >= 15 is 0 Å². The van der Waals surface area contributed by atoms with Gasteiger partial charge in [0.1, 0.15) is 5.56 Å². The summed E-state index contributed by atoms with van der Waals surface area (Å²) in [4.78, 5) is 0. The van der Waals surface area contributed by atoms with Crippen LogP contribution in [0.2, 0.25) is 0 Å². The van der Waals surface area contributed by atoms with Gasteiger partial charge in [0, 0.05) is 12.1 Å². The second-order valence-electron chi connectivity index (χ2n) is 3.40. The third-order valence-electron chi connectivity index (χ3n) is 2.33. The number of fused-ring (bicyclic) bond motifs is 1. The molecule has 3 rings (SSSR count). The molecule has 7 heteroatoms. The van der Waals surface area contributed by atoms with Crippen molar-refractivity contribution >= 4 is 21.7 Å². The fraction of sp³-hybridized carbons (Fsp3) is 0.100. The van der Waals surface area contributed by atoms with Crippen LogP contribution < -0.4 is 15.2 Å². The second kappa shape index (κ2) is 3.63. The first-order valence-corrected chi connectivity index (χ1v) is 5.46. The Kier molecular flexibility index (Phi) is 2.22. The van der Waals surface area contributed by atoms with Crippen LogP contribution in [0.1, 0.15) is 0 Å². The van der Waals surface area contributed by atoms with E-state index in [1.165, 1.54) is 12.1 Å². The molecular formula is C10H6BrFN2O3. The predicted molar refractivity (Wildman–Crippen MR) is 60.1 cm³/mol. The number of ether oxygens (including phenoxy) is 2. The third-order valence-corrected chi connectivity index (χ3v) is 2.91. The van der Waals surface area contributed by atoms with E-state index < -0.39 is 5.82 Å². The van der Waals surface area contributed by atoms with Crippen molar-refractivity contribution in [3.63, 3.8) is 0 Å². The standard InChI is InChI=1S/C10H6BrFN2O3/c11-4-1-6-10(16-3-15-6)8(9(4)12)5-2-7(13)14-17-5/h1-2H,3H2,(H2,13,14). The van der Waals surface area contributed by atoms with Crippen molar-refractivity contribution < 1.29 is 18.4 Å². The van der Waals surface area contributed by atoms with Gasteiger partial charge in [0.05, 0.1) is 4.47 Å². The zero-order chi connectivity index (χ0) is 12.0. The average Bonchev–Trinajstić information content (AvgIpc) is 2.89. The summed E-state index contributed by atoms with van der Waals surface area (Å²) in [6.45, 7) is 0.0435. The molecule has 2 heterocycles. The van der Waals surface area contributed by atoms with Gasteiger partial charge in [0.25, 0.3) is 0 Å². The quantitative estimate of drug-likeness (QED) is 0.876. The Balaban J connectivity index is 2.28. The topological polar surface area (TPSA) is 70.5 Å². The van der Waals surface area contributed by atoms with Crippen LogP contribution in [0.4, 0.5) is 10.2 Å². The number of anilines is 1. The molecule has 0 bridgehead atoms. The van der Waals surface area contributed by atoms with Crippen LogP contribution in [0.3, 0.4) is 0 Å². The molecule has 1 aromatic carbocycles. The molecule has 0 atom stereocenters. The summed E-state index contributed by atoms with van der Waals surface area (Å²) in [5.74, 6) is 0.602. The summed E-state index contributed by atoms with van der Waals surface area (Å²) in [7, 11) is 0. The van der Waals surface area contributed by atoms with Gasteiger partial charge in [-0.25, -0.2) is 4.39 Å². The molecule has 0 fully saturated rings. The van der Waals surface area contributed by atoms with Gasteiger partial charge in [-0.2, -0.15) is 0 Å². The fourth-order valence-corrected chi connectivity index (χ4v) is 2.02. The lowest BCUT2D eigenvalue weighted by atomic mass is 10.1. The summed E-state index contributed by atoms with van der Waals surface area (Å²) >= 11 is 3.10. The molecule has 0 aliphatic carbocycles. The van der Waals surface area contributed by atoms with E-state index in [4.69, 9.17) is 19.7 Å². The molecule has 0 spiro atoms. The minimum atomic E-state index is -0.509. The molecule has 0 radical (unpaired) electrons. The van der Waals surface area contributed by atoms with Gasteiger partial charge >= 0.3 is 0 Å². The van der Waals surface area contributed by atoms with Crippen LogP contribution in [0, 0.1) is 5.82 Å². The Labute approximate surface area is 103 Å². The summed E-state index contributed by atoms with van der Waals surface area (Å²) in [6.07, 6.45) is 0. The minimum Gasteiger partial charge on any atom is -0.454 e. The van der Waals surface area contributed by atoms with E-state index in [1.807, 2.05) is 0 Å². The van der Waals surface area contributed by atoms with Gasteiger partial charge in [0.2, 0.25) is 6.79 Å². The fourth-order valence-electron chi connectivity index (χ4n) is 1.62. The van der Waals surface area contributed by atoms with Gasteiger partial charge < -0.3 is 19.7 Å². The zero-order valence-corrected chi connectivity index (χ0v) is 9.95. The highest BCUT2D eigenvalue weighted by Gasteiger charge is 2.27. The maximum absolute atomic E-state index is 14.0. The van der Waals surface area contributed by atoms with Gasteiger partial charge in [-0.1, -0.05) is 5.16 Å².